The summed E-state index contributed by atoms with van der Waals surface area (Å²) >= 11 is 27.7. The third kappa shape index (κ3) is 7.36. The van der Waals surface area contributed by atoms with Crippen LogP contribution in [0.1, 0.15) is 15.9 Å². The predicted octanol–water partition coefficient (Wildman–Crippen LogP) is 5.62. The second-order valence-electron chi connectivity index (χ2n) is 5.52. The summed E-state index contributed by atoms with van der Waals surface area (Å²) in [4.78, 5) is 12.5. The highest BCUT2D eigenvalue weighted by Gasteiger charge is 2.35. The van der Waals surface area contributed by atoms with Gasteiger partial charge in [0.1, 0.15) is 6.17 Å². The molecule has 0 aliphatic rings. The molecule has 1 unspecified atom stereocenters. The number of amides is 1. The quantitative estimate of drug-likeness (QED) is 0.172. The number of thiocarbonyl (C=S) groups is 1. The lowest BCUT2D eigenvalue weighted by atomic mass is 10.2. The van der Waals surface area contributed by atoms with Crippen LogP contribution in [0.4, 0.5) is 5.69 Å². The normalized spacial score (nSPS) is 12.2. The molecule has 2 rings (SSSR count). The molecular weight excluding hydrogens is 654 g/mol. The molecule has 0 saturated heterocycles. The summed E-state index contributed by atoms with van der Waals surface area (Å²) in [6.07, 6.45) is -1.03. The largest absolute Gasteiger partial charge is 0.339 e. The zero-order valence-electron chi connectivity index (χ0n) is 13.8. The van der Waals surface area contributed by atoms with E-state index in [1.165, 1.54) is 0 Å². The van der Waals surface area contributed by atoms with Crippen LogP contribution in [0.2, 0.25) is 0 Å². The maximum absolute atomic E-state index is 12.5. The molecule has 0 radical (unpaired) electrons. The first-order valence-electron chi connectivity index (χ1n) is 7.53. The van der Waals surface area contributed by atoms with Crippen molar-refractivity contribution in [2.45, 2.75) is 16.9 Å². The second kappa shape index (κ2) is 10.1. The van der Waals surface area contributed by atoms with Gasteiger partial charge in [-0.15, -0.1) is 0 Å². The monoisotopic (exact) mass is 667 g/mol. The molecule has 3 N–H and O–H groups in total. The van der Waals surface area contributed by atoms with Gasteiger partial charge < -0.3 is 16.0 Å². The highest BCUT2D eigenvalue weighted by Crippen LogP contribution is 2.29. The minimum absolute atomic E-state index is 0.221. The number of anilines is 1. The molecule has 2 aromatic carbocycles. The summed E-state index contributed by atoms with van der Waals surface area (Å²) in [6.45, 7) is 1.96. The van der Waals surface area contributed by atoms with Crippen molar-refractivity contribution in [3.8, 4) is 0 Å². The molecule has 1 atom stereocenters. The van der Waals surface area contributed by atoms with Crippen molar-refractivity contribution >= 4 is 109 Å². The van der Waals surface area contributed by atoms with Gasteiger partial charge in [0, 0.05) is 18.4 Å². The van der Waals surface area contributed by atoms with Gasteiger partial charge in [-0.2, -0.15) is 0 Å². The molecule has 0 aliphatic heterocycles. The Morgan fingerprint density at radius 1 is 1.07 bits per heavy atom. The predicted molar refractivity (Wildman–Crippen MR) is 134 cm³/mol. The Hall–Kier alpha value is -0.0700. The van der Waals surface area contributed by atoms with Gasteiger partial charge in [0.05, 0.1) is 0 Å². The molecule has 0 aromatic heterocycles. The van der Waals surface area contributed by atoms with Crippen LogP contribution in [0, 0.1) is 14.1 Å². The number of hydrogen-bond acceptors (Lipinski definition) is 2. The minimum atomic E-state index is -1.82. The Morgan fingerprint density at radius 2 is 1.74 bits per heavy atom. The van der Waals surface area contributed by atoms with Gasteiger partial charge in [-0.25, -0.2) is 0 Å². The Bertz CT molecular complexity index is 862. The SMILES string of the molecule is Cc1cc(I)ccc1NC(=S)NC(NC(=O)c1cccc(I)c1)C(Cl)(Cl)Cl. The standard InChI is InChI=1S/C17H14Cl3I2N3OS/c1-9-7-12(22)5-6-13(9)23-16(27)25-15(17(18,19)20)24-14(26)10-3-2-4-11(21)8-10/h2-8,15H,1H3,(H,24,26)(H2,23,25,27). The molecule has 0 heterocycles. The van der Waals surface area contributed by atoms with Gasteiger partial charge in [-0.3, -0.25) is 4.79 Å². The fourth-order valence-electron chi connectivity index (χ4n) is 2.10. The maximum atomic E-state index is 12.5. The van der Waals surface area contributed by atoms with E-state index < -0.39 is 9.96 Å². The summed E-state index contributed by atoms with van der Waals surface area (Å²) in [5, 5.41) is 8.79. The van der Waals surface area contributed by atoms with Gasteiger partial charge in [0.15, 0.2) is 5.11 Å². The molecule has 2 aromatic rings. The first-order chi connectivity index (χ1) is 12.6. The van der Waals surface area contributed by atoms with Gasteiger partial charge in [-0.1, -0.05) is 40.9 Å². The maximum Gasteiger partial charge on any atom is 0.253 e. The van der Waals surface area contributed by atoms with Crippen molar-refractivity contribution in [3.63, 3.8) is 0 Å². The van der Waals surface area contributed by atoms with E-state index >= 15 is 0 Å². The topological polar surface area (TPSA) is 53.2 Å². The zero-order chi connectivity index (χ0) is 20.2. The van der Waals surface area contributed by atoms with Crippen molar-refractivity contribution < 1.29 is 4.79 Å². The smallest absolute Gasteiger partial charge is 0.253 e. The van der Waals surface area contributed by atoms with Crippen molar-refractivity contribution in [1.29, 1.82) is 0 Å². The van der Waals surface area contributed by atoms with Crippen molar-refractivity contribution in [2.24, 2.45) is 0 Å². The fourth-order valence-corrected chi connectivity index (χ4v) is 3.85. The van der Waals surface area contributed by atoms with E-state index in [0.717, 1.165) is 18.4 Å². The summed E-state index contributed by atoms with van der Waals surface area (Å²) in [7, 11) is 0. The van der Waals surface area contributed by atoms with Crippen LogP contribution in [0.3, 0.4) is 0 Å². The molecule has 0 spiro atoms. The van der Waals surface area contributed by atoms with Gasteiger partial charge in [-0.05, 0) is 106 Å². The van der Waals surface area contributed by atoms with E-state index in [1.54, 1.807) is 18.2 Å². The average molecular weight is 669 g/mol. The van der Waals surface area contributed by atoms with Crippen LogP contribution in [0.25, 0.3) is 0 Å². The molecule has 1 amide bonds. The first kappa shape index (κ1) is 23.2. The van der Waals surface area contributed by atoms with Crippen LogP contribution in [-0.4, -0.2) is 21.0 Å². The van der Waals surface area contributed by atoms with E-state index in [4.69, 9.17) is 47.0 Å². The number of carbonyl (C=O) groups excluding carboxylic acids is 1. The summed E-state index contributed by atoms with van der Waals surface area (Å²) in [5.41, 5.74) is 2.29. The highest BCUT2D eigenvalue weighted by molar-refractivity contribution is 14.1. The van der Waals surface area contributed by atoms with Crippen LogP contribution in [0.5, 0.6) is 0 Å². The Morgan fingerprint density at radius 3 is 2.33 bits per heavy atom. The highest BCUT2D eigenvalue weighted by atomic mass is 127. The van der Waals surface area contributed by atoms with Crippen molar-refractivity contribution in [2.75, 3.05) is 5.32 Å². The van der Waals surface area contributed by atoms with Crippen molar-refractivity contribution in [1.82, 2.24) is 10.6 Å². The first-order valence-corrected chi connectivity index (χ1v) is 11.2. The summed E-state index contributed by atoms with van der Waals surface area (Å²) in [6, 6.07) is 12.9. The molecule has 10 heteroatoms. The van der Waals surface area contributed by atoms with Crippen LogP contribution >= 0.6 is 92.2 Å². The molecule has 4 nitrogen and oxygen atoms in total. The van der Waals surface area contributed by atoms with Crippen molar-refractivity contribution in [3.05, 3.63) is 60.7 Å². The fraction of sp³-hybridized carbons (Fsp3) is 0.176. The molecule has 0 bridgehead atoms. The van der Waals surface area contributed by atoms with E-state index in [0.29, 0.717) is 5.56 Å². The number of carbonyl (C=O) groups is 1. The Labute approximate surface area is 205 Å². The zero-order valence-corrected chi connectivity index (χ0v) is 21.2. The molecule has 0 fully saturated rings. The van der Waals surface area contributed by atoms with Crippen LogP contribution in [0.15, 0.2) is 42.5 Å². The number of alkyl halides is 3. The van der Waals surface area contributed by atoms with E-state index in [9.17, 15) is 4.79 Å². The Balaban J connectivity index is 2.10. The summed E-state index contributed by atoms with van der Waals surface area (Å²) in [5.74, 6) is -0.384. The second-order valence-corrected chi connectivity index (χ2v) is 10.8. The lowest BCUT2D eigenvalue weighted by Gasteiger charge is -2.28. The van der Waals surface area contributed by atoms with Crippen LogP contribution in [-0.2, 0) is 0 Å². The number of hydrogen-bond donors (Lipinski definition) is 3. The van der Waals surface area contributed by atoms with E-state index in [2.05, 4.69) is 61.1 Å². The minimum Gasteiger partial charge on any atom is -0.339 e. The number of halogens is 5. The van der Waals surface area contributed by atoms with Crippen LogP contribution < -0.4 is 16.0 Å². The van der Waals surface area contributed by atoms with E-state index in [-0.39, 0.29) is 11.0 Å². The molecule has 0 saturated carbocycles. The number of rotatable bonds is 4. The third-order valence-corrected chi connectivity index (χ3v) is 5.62. The lowest BCUT2D eigenvalue weighted by Crippen LogP contribution is -2.56. The summed E-state index contributed by atoms with van der Waals surface area (Å²) < 4.78 is 0.216. The van der Waals surface area contributed by atoms with Gasteiger partial charge in [0.2, 0.25) is 3.79 Å². The van der Waals surface area contributed by atoms with E-state index in [1.807, 2.05) is 31.2 Å². The molecular formula is C17H14Cl3I2N3OS. The number of benzene rings is 2. The lowest BCUT2D eigenvalue weighted by molar-refractivity contribution is 0.0934. The average Bonchev–Trinajstić information content (AvgIpc) is 2.56. The van der Waals surface area contributed by atoms with Gasteiger partial charge >= 0.3 is 0 Å². The van der Waals surface area contributed by atoms with Gasteiger partial charge in [0.25, 0.3) is 5.91 Å². The number of nitrogens with one attached hydrogen (secondary N) is 3. The molecule has 27 heavy (non-hydrogen) atoms. The third-order valence-electron chi connectivity index (χ3n) is 3.40. The Kier molecular flexibility index (Phi) is 8.69. The number of aryl methyl sites for hydroxylation is 1. The molecule has 0 aliphatic carbocycles. The molecule has 144 valence electrons.